The molecule has 0 N–H and O–H groups in total. The zero-order chi connectivity index (χ0) is 17.3. The first-order chi connectivity index (χ1) is 10.9. The molecule has 3 heteroatoms. The Morgan fingerprint density at radius 2 is 1.35 bits per heavy atom. The van der Waals surface area contributed by atoms with Crippen LogP contribution in [0.3, 0.4) is 0 Å². The molecule has 23 heavy (non-hydrogen) atoms. The van der Waals surface area contributed by atoms with Gasteiger partial charge in [0.15, 0.2) is 0 Å². The van der Waals surface area contributed by atoms with E-state index in [9.17, 15) is 0 Å². The molecule has 0 aromatic heterocycles. The van der Waals surface area contributed by atoms with Crippen molar-refractivity contribution in [3.05, 3.63) is 35.9 Å². The van der Waals surface area contributed by atoms with Crippen LogP contribution < -0.4 is 0 Å². The maximum Gasteiger partial charge on any atom is 0.201 e. The third-order valence-corrected chi connectivity index (χ3v) is 10.6. The van der Waals surface area contributed by atoms with Crippen molar-refractivity contribution in [3.63, 3.8) is 0 Å². The molecule has 0 aliphatic rings. The Balaban J connectivity index is 2.42. The highest BCUT2D eigenvalue weighted by Gasteiger charge is 2.44. The Labute approximate surface area is 143 Å². The van der Waals surface area contributed by atoms with Crippen LogP contribution in [0.1, 0.15) is 47.1 Å². The smallest absolute Gasteiger partial charge is 0.201 e. The predicted molar refractivity (Wildman–Crippen MR) is 101 cm³/mol. The summed E-state index contributed by atoms with van der Waals surface area (Å²) in [6.07, 6.45) is 0. The van der Waals surface area contributed by atoms with Crippen LogP contribution in [0, 0.1) is 11.8 Å². The molecule has 1 aromatic carbocycles. The number of ether oxygens (including phenoxy) is 1. The van der Waals surface area contributed by atoms with E-state index in [0.717, 1.165) is 0 Å². The number of rotatable bonds is 8. The molecular formula is C20H32O2Si. The number of hydrogen-bond acceptors (Lipinski definition) is 2. The summed E-state index contributed by atoms with van der Waals surface area (Å²) in [7, 11) is -1.79. The van der Waals surface area contributed by atoms with Crippen molar-refractivity contribution in [3.8, 4) is 11.8 Å². The molecule has 1 aromatic rings. The number of hydrogen-bond donors (Lipinski definition) is 0. The molecule has 2 nitrogen and oxygen atoms in total. The fourth-order valence-corrected chi connectivity index (χ4v) is 8.88. The molecule has 0 saturated heterocycles. The highest BCUT2D eigenvalue weighted by molar-refractivity contribution is 6.77. The Hall–Kier alpha value is -1.08. The average molecular weight is 333 g/mol. The van der Waals surface area contributed by atoms with Crippen molar-refractivity contribution in [1.82, 2.24) is 0 Å². The lowest BCUT2D eigenvalue weighted by atomic mass is 10.2. The summed E-state index contributed by atoms with van der Waals surface area (Å²) in [5.74, 6) is 6.20. The quantitative estimate of drug-likeness (QED) is 0.360. The van der Waals surface area contributed by atoms with E-state index in [2.05, 4.69) is 65.5 Å². The maximum atomic E-state index is 6.39. The molecule has 0 aliphatic heterocycles. The van der Waals surface area contributed by atoms with E-state index in [1.807, 2.05) is 18.2 Å². The minimum atomic E-state index is -1.79. The summed E-state index contributed by atoms with van der Waals surface area (Å²) in [4.78, 5) is 0. The van der Waals surface area contributed by atoms with E-state index in [4.69, 9.17) is 9.16 Å². The molecule has 0 radical (unpaired) electrons. The second-order valence-corrected chi connectivity index (χ2v) is 12.4. The summed E-state index contributed by atoms with van der Waals surface area (Å²) >= 11 is 0. The lowest BCUT2D eigenvalue weighted by molar-refractivity contribution is 0.153. The summed E-state index contributed by atoms with van der Waals surface area (Å²) in [5.41, 5.74) is 2.97. The van der Waals surface area contributed by atoms with E-state index >= 15 is 0 Å². The van der Waals surface area contributed by atoms with Gasteiger partial charge in [0.05, 0.1) is 13.2 Å². The SMILES string of the molecule is CC(C)[Si](OCC#CCOCc1ccccc1)(C(C)C)C(C)C. The van der Waals surface area contributed by atoms with E-state index in [1.54, 1.807) is 0 Å². The normalized spacial score (nSPS) is 11.9. The first kappa shape index (κ1) is 20.0. The molecule has 0 atom stereocenters. The predicted octanol–water partition coefficient (Wildman–Crippen LogP) is 5.40. The molecule has 128 valence electrons. The van der Waals surface area contributed by atoms with Gasteiger partial charge in [0.1, 0.15) is 6.61 Å². The van der Waals surface area contributed by atoms with Crippen molar-refractivity contribution in [2.24, 2.45) is 0 Å². The lowest BCUT2D eigenvalue weighted by Crippen LogP contribution is -2.47. The molecule has 0 unspecified atom stereocenters. The minimum Gasteiger partial charge on any atom is -0.405 e. The van der Waals surface area contributed by atoms with E-state index < -0.39 is 8.32 Å². The fraction of sp³-hybridized carbons (Fsp3) is 0.600. The molecule has 0 fully saturated rings. The van der Waals surface area contributed by atoms with Crippen molar-refractivity contribution < 1.29 is 9.16 Å². The Kier molecular flexibility index (Phi) is 8.61. The minimum absolute atomic E-state index is 0.456. The third kappa shape index (κ3) is 5.80. The Bertz CT molecular complexity index is 476. The Morgan fingerprint density at radius 3 is 1.87 bits per heavy atom. The van der Waals surface area contributed by atoms with Gasteiger partial charge in [-0.25, -0.2) is 0 Å². The third-order valence-electron chi connectivity index (χ3n) is 4.51. The molecule has 0 amide bonds. The van der Waals surface area contributed by atoms with Gasteiger partial charge >= 0.3 is 0 Å². The first-order valence-corrected chi connectivity index (χ1v) is 10.8. The largest absolute Gasteiger partial charge is 0.405 e. The van der Waals surface area contributed by atoms with Gasteiger partial charge in [0.25, 0.3) is 0 Å². The van der Waals surface area contributed by atoms with Gasteiger partial charge in [0, 0.05) is 0 Å². The van der Waals surface area contributed by atoms with Crippen LogP contribution in [0.25, 0.3) is 0 Å². The summed E-state index contributed by atoms with van der Waals surface area (Å²) < 4.78 is 12.0. The van der Waals surface area contributed by atoms with Crippen LogP contribution >= 0.6 is 0 Å². The van der Waals surface area contributed by atoms with Gasteiger partial charge in [-0.15, -0.1) is 0 Å². The standard InChI is InChI=1S/C20H32O2Si/c1-17(2)23(18(3)4,19(5)6)22-15-11-10-14-21-16-20-12-8-7-9-13-20/h7-9,12-13,17-19H,14-16H2,1-6H3. The molecule has 0 heterocycles. The summed E-state index contributed by atoms with van der Waals surface area (Å²) in [6, 6.07) is 10.2. The number of benzene rings is 1. The summed E-state index contributed by atoms with van der Waals surface area (Å²) in [5, 5.41) is 0. The highest BCUT2D eigenvalue weighted by Crippen LogP contribution is 2.41. The molecule has 0 aliphatic carbocycles. The molecule has 0 bridgehead atoms. The van der Waals surface area contributed by atoms with E-state index in [-0.39, 0.29) is 0 Å². The van der Waals surface area contributed by atoms with Crippen LogP contribution in [0.2, 0.25) is 16.6 Å². The molecule has 1 rings (SSSR count). The zero-order valence-electron chi connectivity index (χ0n) is 15.6. The van der Waals surface area contributed by atoms with Crippen LogP contribution in [0.15, 0.2) is 30.3 Å². The van der Waals surface area contributed by atoms with Gasteiger partial charge in [-0.3, -0.25) is 0 Å². The van der Waals surface area contributed by atoms with Gasteiger partial charge in [-0.2, -0.15) is 0 Å². The summed E-state index contributed by atoms with van der Waals surface area (Å²) in [6.45, 7) is 15.4. The van der Waals surface area contributed by atoms with Crippen molar-refractivity contribution in [2.45, 2.75) is 64.8 Å². The van der Waals surface area contributed by atoms with Gasteiger partial charge in [-0.1, -0.05) is 83.7 Å². The topological polar surface area (TPSA) is 18.5 Å². The van der Waals surface area contributed by atoms with E-state index in [1.165, 1.54) is 5.56 Å². The molecular weight excluding hydrogens is 300 g/mol. The Morgan fingerprint density at radius 1 is 0.826 bits per heavy atom. The van der Waals surface area contributed by atoms with Crippen molar-refractivity contribution in [2.75, 3.05) is 13.2 Å². The fourth-order valence-electron chi connectivity index (χ4n) is 3.56. The zero-order valence-corrected chi connectivity index (χ0v) is 16.6. The lowest BCUT2D eigenvalue weighted by Gasteiger charge is -2.41. The average Bonchev–Trinajstić information content (AvgIpc) is 2.50. The molecule has 0 spiro atoms. The second-order valence-electron chi connectivity index (χ2n) is 6.94. The van der Waals surface area contributed by atoms with E-state index in [0.29, 0.717) is 36.4 Å². The maximum absolute atomic E-state index is 6.39. The van der Waals surface area contributed by atoms with Crippen LogP contribution in [0.5, 0.6) is 0 Å². The van der Waals surface area contributed by atoms with Crippen molar-refractivity contribution in [1.29, 1.82) is 0 Å². The first-order valence-electron chi connectivity index (χ1n) is 8.62. The van der Waals surface area contributed by atoms with Crippen molar-refractivity contribution >= 4 is 8.32 Å². The van der Waals surface area contributed by atoms with Gasteiger partial charge in [-0.05, 0) is 22.2 Å². The second kappa shape index (κ2) is 9.92. The van der Waals surface area contributed by atoms with Crippen LogP contribution in [-0.2, 0) is 15.8 Å². The van der Waals surface area contributed by atoms with Gasteiger partial charge < -0.3 is 9.16 Å². The van der Waals surface area contributed by atoms with Crippen LogP contribution in [-0.4, -0.2) is 21.5 Å². The highest BCUT2D eigenvalue weighted by atomic mass is 28.4. The monoisotopic (exact) mass is 332 g/mol. The molecule has 0 saturated carbocycles. The van der Waals surface area contributed by atoms with Crippen LogP contribution in [0.4, 0.5) is 0 Å². The van der Waals surface area contributed by atoms with Gasteiger partial charge in [0.2, 0.25) is 8.32 Å².